The van der Waals surface area contributed by atoms with Crippen molar-refractivity contribution in [1.29, 1.82) is 0 Å². The summed E-state index contributed by atoms with van der Waals surface area (Å²) in [6.45, 7) is 2.67. The van der Waals surface area contributed by atoms with Crippen molar-refractivity contribution in [2.45, 2.75) is 38.5 Å². The number of hydrogen-bond acceptors (Lipinski definition) is 5. The van der Waals surface area contributed by atoms with E-state index in [2.05, 4.69) is 32.6 Å². The maximum atomic E-state index is 12.0. The highest BCUT2D eigenvalue weighted by atomic mass is 32.1. The number of amides is 1. The number of nitrogens with one attached hydrogen (secondary N) is 1. The molecule has 21 heavy (non-hydrogen) atoms. The minimum absolute atomic E-state index is 0.122. The summed E-state index contributed by atoms with van der Waals surface area (Å²) in [5.74, 6) is 1.25. The lowest BCUT2D eigenvalue weighted by Crippen LogP contribution is -2.26. The minimum atomic E-state index is -0.122. The number of hydrogen-bond donors (Lipinski definition) is 1. The van der Waals surface area contributed by atoms with Crippen LogP contribution >= 0.6 is 11.3 Å². The summed E-state index contributed by atoms with van der Waals surface area (Å²) >= 11 is 1.67. The molecule has 2 heterocycles. The highest BCUT2D eigenvalue weighted by Gasteiger charge is 2.26. The lowest BCUT2D eigenvalue weighted by Gasteiger charge is -2.04. The van der Waals surface area contributed by atoms with E-state index in [1.165, 1.54) is 12.8 Å². The van der Waals surface area contributed by atoms with Crippen LogP contribution < -0.4 is 5.32 Å². The first-order valence-corrected chi connectivity index (χ1v) is 8.17. The molecule has 0 aromatic carbocycles. The third kappa shape index (κ3) is 3.64. The second-order valence-electron chi connectivity index (χ2n) is 5.20. The van der Waals surface area contributed by atoms with Crippen LogP contribution in [0.15, 0.2) is 17.8 Å². The van der Waals surface area contributed by atoms with E-state index in [4.69, 9.17) is 0 Å². The van der Waals surface area contributed by atoms with Gasteiger partial charge in [0.05, 0.1) is 16.3 Å². The van der Waals surface area contributed by atoms with E-state index in [0.29, 0.717) is 18.0 Å². The molecule has 110 valence electrons. The largest absolute Gasteiger partial charge is 0.352 e. The monoisotopic (exact) mass is 302 g/mol. The van der Waals surface area contributed by atoms with Gasteiger partial charge in [0.1, 0.15) is 5.82 Å². The molecule has 0 unspecified atom stereocenters. The number of rotatable bonds is 6. The lowest BCUT2D eigenvalue weighted by molar-refractivity contribution is 0.0953. The average molecular weight is 302 g/mol. The van der Waals surface area contributed by atoms with E-state index in [0.717, 1.165) is 29.4 Å². The first-order chi connectivity index (χ1) is 10.3. The zero-order valence-electron chi connectivity index (χ0n) is 12.0. The van der Waals surface area contributed by atoms with Crippen LogP contribution in [0.2, 0.25) is 0 Å². The standard InChI is InChI=1S/C15H18N4OS/c1-2-13-19-12(9-21-13)5-6-16-15(20)11-7-17-14(18-8-11)10-3-4-10/h7-10H,2-6H2,1H3,(H,16,20). The Morgan fingerprint density at radius 3 is 2.76 bits per heavy atom. The number of aromatic nitrogens is 3. The molecular weight excluding hydrogens is 284 g/mol. The van der Waals surface area contributed by atoms with Crippen molar-refractivity contribution >= 4 is 17.2 Å². The van der Waals surface area contributed by atoms with Crippen LogP contribution in [-0.4, -0.2) is 27.4 Å². The van der Waals surface area contributed by atoms with Crippen LogP contribution in [-0.2, 0) is 12.8 Å². The molecule has 1 N–H and O–H groups in total. The van der Waals surface area contributed by atoms with Crippen molar-refractivity contribution in [2.75, 3.05) is 6.54 Å². The molecule has 0 saturated heterocycles. The SMILES string of the molecule is CCc1nc(CCNC(=O)c2cnc(C3CC3)nc2)cs1. The molecule has 0 spiro atoms. The summed E-state index contributed by atoms with van der Waals surface area (Å²) in [4.78, 5) is 25.0. The van der Waals surface area contributed by atoms with Gasteiger partial charge in [-0.25, -0.2) is 15.0 Å². The van der Waals surface area contributed by atoms with Crippen LogP contribution in [0.4, 0.5) is 0 Å². The molecule has 5 nitrogen and oxygen atoms in total. The molecular formula is C15H18N4OS. The van der Waals surface area contributed by atoms with Gasteiger partial charge in [0.15, 0.2) is 0 Å². The van der Waals surface area contributed by atoms with Gasteiger partial charge in [-0.05, 0) is 19.3 Å². The molecule has 0 aliphatic heterocycles. The normalized spacial score (nSPS) is 14.1. The predicted molar refractivity (Wildman–Crippen MR) is 81.5 cm³/mol. The Kier molecular flexibility index (Phi) is 4.24. The van der Waals surface area contributed by atoms with E-state index in [-0.39, 0.29) is 5.91 Å². The Balaban J connectivity index is 1.49. The summed E-state index contributed by atoms with van der Waals surface area (Å²) in [5, 5.41) is 6.08. The highest BCUT2D eigenvalue weighted by Crippen LogP contribution is 2.37. The molecule has 2 aromatic heterocycles. The van der Waals surface area contributed by atoms with Gasteiger partial charge in [-0.1, -0.05) is 6.92 Å². The smallest absolute Gasteiger partial charge is 0.254 e. The molecule has 2 aromatic rings. The zero-order valence-corrected chi connectivity index (χ0v) is 12.8. The van der Waals surface area contributed by atoms with Crippen molar-refractivity contribution in [2.24, 2.45) is 0 Å². The van der Waals surface area contributed by atoms with E-state index in [9.17, 15) is 4.79 Å². The maximum Gasteiger partial charge on any atom is 0.254 e. The Hall–Kier alpha value is -1.82. The van der Waals surface area contributed by atoms with Crippen LogP contribution in [0.5, 0.6) is 0 Å². The third-order valence-electron chi connectivity index (χ3n) is 3.44. The number of thiazole rings is 1. The second-order valence-corrected chi connectivity index (χ2v) is 6.14. The van der Waals surface area contributed by atoms with Crippen LogP contribution in [0.1, 0.15) is 52.6 Å². The van der Waals surface area contributed by atoms with Gasteiger partial charge in [0.2, 0.25) is 0 Å². The van der Waals surface area contributed by atoms with Gasteiger partial charge in [-0.3, -0.25) is 4.79 Å². The topological polar surface area (TPSA) is 67.8 Å². The molecule has 0 atom stereocenters. The van der Waals surface area contributed by atoms with Crippen LogP contribution in [0.3, 0.4) is 0 Å². The molecule has 6 heteroatoms. The van der Waals surface area contributed by atoms with Gasteiger partial charge in [0, 0.05) is 36.7 Å². The zero-order chi connectivity index (χ0) is 14.7. The van der Waals surface area contributed by atoms with Gasteiger partial charge >= 0.3 is 0 Å². The summed E-state index contributed by atoms with van der Waals surface area (Å²) in [5.41, 5.74) is 1.56. The van der Waals surface area contributed by atoms with Gasteiger partial charge in [-0.15, -0.1) is 11.3 Å². The predicted octanol–water partition coefficient (Wildman–Crippen LogP) is 2.35. The molecule has 0 radical (unpaired) electrons. The fourth-order valence-electron chi connectivity index (χ4n) is 2.04. The first kappa shape index (κ1) is 14.1. The Morgan fingerprint density at radius 1 is 1.38 bits per heavy atom. The maximum absolute atomic E-state index is 12.0. The fourth-order valence-corrected chi connectivity index (χ4v) is 2.82. The summed E-state index contributed by atoms with van der Waals surface area (Å²) in [6.07, 6.45) is 7.28. The first-order valence-electron chi connectivity index (χ1n) is 7.29. The Bertz CT molecular complexity index is 619. The van der Waals surface area contributed by atoms with Crippen molar-refractivity contribution in [3.63, 3.8) is 0 Å². The van der Waals surface area contributed by atoms with E-state index in [1.807, 2.05) is 0 Å². The number of carbonyl (C=O) groups excluding carboxylic acids is 1. The fraction of sp³-hybridized carbons (Fsp3) is 0.467. The number of carbonyl (C=O) groups is 1. The van der Waals surface area contributed by atoms with E-state index in [1.54, 1.807) is 23.7 Å². The van der Waals surface area contributed by atoms with Crippen molar-refractivity contribution < 1.29 is 4.79 Å². The van der Waals surface area contributed by atoms with Gasteiger partial charge in [-0.2, -0.15) is 0 Å². The summed E-state index contributed by atoms with van der Waals surface area (Å²) in [6, 6.07) is 0. The highest BCUT2D eigenvalue weighted by molar-refractivity contribution is 7.09. The Labute approximate surface area is 127 Å². The third-order valence-corrected chi connectivity index (χ3v) is 4.49. The van der Waals surface area contributed by atoms with Gasteiger partial charge in [0.25, 0.3) is 5.91 Å². The van der Waals surface area contributed by atoms with Crippen LogP contribution in [0.25, 0.3) is 0 Å². The molecule has 3 rings (SSSR count). The van der Waals surface area contributed by atoms with E-state index >= 15 is 0 Å². The second kappa shape index (κ2) is 6.30. The van der Waals surface area contributed by atoms with Crippen molar-refractivity contribution in [1.82, 2.24) is 20.3 Å². The number of aryl methyl sites for hydroxylation is 1. The lowest BCUT2D eigenvalue weighted by atomic mass is 10.3. The number of nitrogens with zero attached hydrogens (tertiary/aromatic N) is 3. The minimum Gasteiger partial charge on any atom is -0.352 e. The van der Waals surface area contributed by atoms with Crippen molar-refractivity contribution in [3.8, 4) is 0 Å². The quantitative estimate of drug-likeness (QED) is 0.889. The molecule has 1 fully saturated rings. The summed E-state index contributed by atoms with van der Waals surface area (Å²) in [7, 11) is 0. The Morgan fingerprint density at radius 2 is 2.14 bits per heavy atom. The van der Waals surface area contributed by atoms with Gasteiger partial charge < -0.3 is 5.32 Å². The van der Waals surface area contributed by atoms with E-state index < -0.39 is 0 Å². The summed E-state index contributed by atoms with van der Waals surface area (Å²) < 4.78 is 0. The molecule has 0 bridgehead atoms. The molecule has 1 aliphatic carbocycles. The average Bonchev–Trinajstić information content (AvgIpc) is 3.27. The molecule has 1 aliphatic rings. The van der Waals surface area contributed by atoms with Crippen LogP contribution in [0, 0.1) is 0 Å². The molecule has 1 amide bonds. The van der Waals surface area contributed by atoms with Crippen molar-refractivity contribution in [3.05, 3.63) is 39.9 Å². The molecule has 1 saturated carbocycles.